The third kappa shape index (κ3) is 5.40. The van der Waals surface area contributed by atoms with Crippen LogP contribution in [0.4, 0.5) is 0 Å². The maximum Gasteiger partial charge on any atom is 0.500 e. The molecule has 98 valence electrons. The van der Waals surface area contributed by atoms with Gasteiger partial charge in [-0.1, -0.05) is 13.8 Å². The monoisotopic (exact) mass is 249 g/mol. The van der Waals surface area contributed by atoms with Gasteiger partial charge < -0.3 is 18.2 Å². The minimum Gasteiger partial charge on any atom is -0.377 e. The summed E-state index contributed by atoms with van der Waals surface area (Å²) in [5.41, 5.74) is 0. The predicted octanol–water partition coefficient (Wildman–Crippen LogP) is 1.99. The van der Waals surface area contributed by atoms with Gasteiger partial charge in [-0.25, -0.2) is 0 Å². The molecule has 16 heavy (non-hydrogen) atoms. The molecule has 0 radical (unpaired) electrons. The van der Waals surface area contributed by atoms with Gasteiger partial charge in [-0.2, -0.15) is 0 Å². The second kappa shape index (κ2) is 9.12. The zero-order chi connectivity index (χ0) is 12.4. The van der Waals surface area contributed by atoms with Gasteiger partial charge in [-0.15, -0.1) is 0 Å². The number of unbranched alkanes of at least 4 members (excludes halogenated alkanes) is 1. The van der Waals surface area contributed by atoms with Gasteiger partial charge in [0.1, 0.15) is 0 Å². The summed E-state index contributed by atoms with van der Waals surface area (Å²) < 4.78 is 16.1. The zero-order valence-electron chi connectivity index (χ0n) is 11.4. The Kier molecular flexibility index (Phi) is 9.16. The number of hydrogen-bond acceptors (Lipinski definition) is 4. The molecular weight excluding hydrogens is 222 g/mol. The van der Waals surface area contributed by atoms with Gasteiger partial charge in [-0.05, 0) is 32.5 Å². The van der Waals surface area contributed by atoms with Gasteiger partial charge in [0.15, 0.2) is 0 Å². The number of nitrogens with zero attached hydrogens (tertiary/aromatic N) is 1. The van der Waals surface area contributed by atoms with Crippen molar-refractivity contribution in [1.82, 2.24) is 4.90 Å². The van der Waals surface area contributed by atoms with Crippen LogP contribution in [0.25, 0.3) is 0 Å². The summed E-state index contributed by atoms with van der Waals surface area (Å²) in [6.07, 6.45) is 2.27. The van der Waals surface area contributed by atoms with Crippen LogP contribution in [0.5, 0.6) is 0 Å². The Morgan fingerprint density at radius 2 is 1.38 bits per heavy atom. The average Bonchev–Trinajstić information content (AvgIpc) is 2.35. The van der Waals surface area contributed by atoms with Crippen molar-refractivity contribution in [2.75, 3.05) is 41.0 Å². The summed E-state index contributed by atoms with van der Waals surface area (Å²) in [6.45, 7) is 7.79. The predicted molar refractivity (Wildman–Crippen MR) is 68.6 cm³/mol. The normalized spacial score (nSPS) is 12.4. The first kappa shape index (κ1) is 16.1. The lowest BCUT2D eigenvalue weighted by molar-refractivity contribution is 0.122. The molecule has 0 aliphatic carbocycles. The molecular formula is C11H27NO3Si. The lowest BCUT2D eigenvalue weighted by Crippen LogP contribution is -2.42. The highest BCUT2D eigenvalue weighted by Crippen LogP contribution is 2.16. The van der Waals surface area contributed by atoms with Crippen molar-refractivity contribution >= 4 is 8.80 Å². The van der Waals surface area contributed by atoms with Gasteiger partial charge in [0.05, 0.1) is 0 Å². The van der Waals surface area contributed by atoms with Crippen LogP contribution in [-0.4, -0.2) is 54.7 Å². The van der Waals surface area contributed by atoms with E-state index in [9.17, 15) is 0 Å². The van der Waals surface area contributed by atoms with Crippen LogP contribution in [0.2, 0.25) is 6.04 Å². The van der Waals surface area contributed by atoms with E-state index in [1.54, 1.807) is 21.3 Å². The first-order chi connectivity index (χ1) is 7.67. The Hall–Kier alpha value is 0.0569. The van der Waals surface area contributed by atoms with Crippen molar-refractivity contribution in [3.8, 4) is 0 Å². The fraction of sp³-hybridized carbons (Fsp3) is 1.00. The van der Waals surface area contributed by atoms with Crippen molar-refractivity contribution in [3.63, 3.8) is 0 Å². The summed E-state index contributed by atoms with van der Waals surface area (Å²) >= 11 is 0. The van der Waals surface area contributed by atoms with Crippen molar-refractivity contribution in [1.29, 1.82) is 0 Å². The molecule has 0 aromatic heterocycles. The molecule has 0 saturated heterocycles. The van der Waals surface area contributed by atoms with Crippen molar-refractivity contribution in [2.24, 2.45) is 0 Å². The van der Waals surface area contributed by atoms with E-state index in [0.29, 0.717) is 0 Å². The van der Waals surface area contributed by atoms with E-state index < -0.39 is 8.80 Å². The van der Waals surface area contributed by atoms with E-state index in [-0.39, 0.29) is 0 Å². The van der Waals surface area contributed by atoms with Gasteiger partial charge in [0, 0.05) is 27.4 Å². The molecule has 4 nitrogen and oxygen atoms in total. The summed E-state index contributed by atoms with van der Waals surface area (Å²) in [7, 11) is 2.68. The maximum absolute atomic E-state index is 5.38. The van der Waals surface area contributed by atoms with Gasteiger partial charge >= 0.3 is 8.80 Å². The second-order valence-electron chi connectivity index (χ2n) is 3.78. The van der Waals surface area contributed by atoms with E-state index >= 15 is 0 Å². The molecule has 0 spiro atoms. The molecule has 0 aromatic carbocycles. The summed E-state index contributed by atoms with van der Waals surface area (Å²) in [5, 5.41) is 0. The lowest BCUT2D eigenvalue weighted by Gasteiger charge is -2.25. The zero-order valence-corrected chi connectivity index (χ0v) is 12.4. The molecule has 5 heteroatoms. The Bertz CT molecular complexity index is 153. The Morgan fingerprint density at radius 1 is 0.875 bits per heavy atom. The van der Waals surface area contributed by atoms with Crippen molar-refractivity contribution in [3.05, 3.63) is 0 Å². The van der Waals surface area contributed by atoms with Crippen LogP contribution in [0, 0.1) is 0 Å². The Morgan fingerprint density at radius 3 is 1.75 bits per heavy atom. The molecule has 0 N–H and O–H groups in total. The fourth-order valence-corrected chi connectivity index (χ4v) is 3.57. The lowest BCUT2D eigenvalue weighted by atomic mass is 10.3. The molecule has 0 heterocycles. The first-order valence-corrected chi connectivity index (χ1v) is 7.99. The molecule has 0 bridgehead atoms. The SMILES string of the molecule is CCN(CC)CCCC[Si](OC)(OC)OC. The van der Waals surface area contributed by atoms with E-state index in [2.05, 4.69) is 18.7 Å². The summed E-state index contributed by atoms with van der Waals surface area (Å²) in [6, 6.07) is 0.901. The van der Waals surface area contributed by atoms with Gasteiger partial charge in [-0.3, -0.25) is 0 Å². The Labute approximate surface area is 101 Å². The quantitative estimate of drug-likeness (QED) is 0.438. The van der Waals surface area contributed by atoms with Crippen LogP contribution < -0.4 is 0 Å². The molecule has 0 unspecified atom stereocenters. The van der Waals surface area contributed by atoms with Crippen LogP contribution in [0.1, 0.15) is 26.7 Å². The number of hydrogen-bond donors (Lipinski definition) is 0. The number of rotatable bonds is 10. The minimum atomic E-state index is -2.33. The van der Waals surface area contributed by atoms with Gasteiger partial charge in [0.25, 0.3) is 0 Å². The highest BCUT2D eigenvalue weighted by Gasteiger charge is 2.36. The molecule has 0 atom stereocenters. The summed E-state index contributed by atoms with van der Waals surface area (Å²) in [4.78, 5) is 2.43. The van der Waals surface area contributed by atoms with E-state index in [0.717, 1.165) is 32.1 Å². The van der Waals surface area contributed by atoms with E-state index in [4.69, 9.17) is 13.3 Å². The molecule has 0 rings (SSSR count). The molecule has 0 aliphatic heterocycles. The molecule has 0 fully saturated rings. The highest BCUT2D eigenvalue weighted by molar-refractivity contribution is 6.60. The van der Waals surface area contributed by atoms with Gasteiger partial charge in [0.2, 0.25) is 0 Å². The minimum absolute atomic E-state index is 0.901. The smallest absolute Gasteiger partial charge is 0.377 e. The molecule has 0 amide bonds. The molecule has 0 saturated carbocycles. The average molecular weight is 249 g/mol. The highest BCUT2D eigenvalue weighted by atomic mass is 28.4. The second-order valence-corrected chi connectivity index (χ2v) is 6.87. The third-order valence-electron chi connectivity index (χ3n) is 3.03. The molecule has 0 aromatic rings. The van der Waals surface area contributed by atoms with E-state index in [1.807, 2.05) is 0 Å². The van der Waals surface area contributed by atoms with Crippen molar-refractivity contribution < 1.29 is 13.3 Å². The maximum atomic E-state index is 5.38. The summed E-state index contributed by atoms with van der Waals surface area (Å²) in [5.74, 6) is 0. The first-order valence-electron chi connectivity index (χ1n) is 6.05. The van der Waals surface area contributed by atoms with Crippen LogP contribution >= 0.6 is 0 Å². The largest absolute Gasteiger partial charge is 0.500 e. The standard InChI is InChI=1S/C11H27NO3Si/c1-6-12(7-2)10-8-9-11-16(13-3,14-4)15-5/h6-11H2,1-5H3. The van der Waals surface area contributed by atoms with E-state index in [1.165, 1.54) is 6.42 Å². The van der Waals surface area contributed by atoms with Crippen LogP contribution in [-0.2, 0) is 13.3 Å². The van der Waals surface area contributed by atoms with Crippen LogP contribution in [0.15, 0.2) is 0 Å². The van der Waals surface area contributed by atoms with Crippen LogP contribution in [0.3, 0.4) is 0 Å². The topological polar surface area (TPSA) is 30.9 Å². The third-order valence-corrected chi connectivity index (χ3v) is 5.87. The van der Waals surface area contributed by atoms with Crippen molar-refractivity contribution in [2.45, 2.75) is 32.7 Å². The fourth-order valence-electron chi connectivity index (χ4n) is 1.77. The molecule has 0 aliphatic rings. The Balaban J connectivity index is 3.78.